The molecule has 0 saturated carbocycles. The first-order chi connectivity index (χ1) is 9.58. The number of methoxy groups -OCH3 is 1. The number of benzene rings is 1. The van der Waals surface area contributed by atoms with Gasteiger partial charge in [0.25, 0.3) is 0 Å². The van der Waals surface area contributed by atoms with E-state index in [-0.39, 0.29) is 11.6 Å². The second-order valence-corrected chi connectivity index (χ2v) is 5.41. The Kier molecular flexibility index (Phi) is 6.57. The first kappa shape index (κ1) is 16.6. The van der Waals surface area contributed by atoms with Crippen LogP contribution in [0.5, 0.6) is 5.75 Å². The van der Waals surface area contributed by atoms with Gasteiger partial charge in [-0.3, -0.25) is 5.32 Å². The van der Waals surface area contributed by atoms with Crippen molar-refractivity contribution in [2.75, 3.05) is 13.7 Å². The Morgan fingerprint density at radius 2 is 2.15 bits per heavy atom. The highest BCUT2D eigenvalue weighted by Gasteiger charge is 2.26. The van der Waals surface area contributed by atoms with Crippen LogP contribution >= 0.6 is 0 Å². The molecule has 0 spiro atoms. The molecule has 20 heavy (non-hydrogen) atoms. The summed E-state index contributed by atoms with van der Waals surface area (Å²) in [5.74, 6) is 3.70. The molecule has 0 fully saturated rings. The molecule has 0 aromatic heterocycles. The summed E-state index contributed by atoms with van der Waals surface area (Å²) >= 11 is 0. The van der Waals surface area contributed by atoms with Crippen LogP contribution in [0.4, 0.5) is 0 Å². The number of nitrogens with two attached hydrogens (primary N) is 1. The Morgan fingerprint density at radius 1 is 1.45 bits per heavy atom. The molecule has 2 unspecified atom stereocenters. The van der Waals surface area contributed by atoms with E-state index in [0.717, 1.165) is 30.6 Å². The van der Waals surface area contributed by atoms with Gasteiger partial charge >= 0.3 is 0 Å². The largest absolute Gasteiger partial charge is 0.496 e. The van der Waals surface area contributed by atoms with Gasteiger partial charge in [0.2, 0.25) is 0 Å². The monoisotopic (exact) mass is 274 g/mol. The smallest absolute Gasteiger partial charge is 0.122 e. The molecule has 1 aromatic rings. The summed E-state index contributed by atoms with van der Waals surface area (Å²) in [5, 5.41) is 3.51. The topological polar surface area (TPSA) is 47.3 Å². The second kappa shape index (κ2) is 7.94. The minimum Gasteiger partial charge on any atom is -0.496 e. The highest BCUT2D eigenvalue weighted by atomic mass is 16.5. The maximum Gasteiger partial charge on any atom is 0.122 e. The summed E-state index contributed by atoms with van der Waals surface area (Å²) in [6, 6.07) is 8.08. The molecule has 3 heteroatoms. The lowest BCUT2D eigenvalue weighted by Gasteiger charge is -2.33. The minimum absolute atomic E-state index is 0.0586. The van der Waals surface area contributed by atoms with Crippen LogP contribution in [0.15, 0.2) is 24.3 Å². The first-order valence-electron chi connectivity index (χ1n) is 7.14. The van der Waals surface area contributed by atoms with Crippen LogP contribution in [-0.2, 0) is 6.42 Å². The van der Waals surface area contributed by atoms with Crippen molar-refractivity contribution in [3.8, 4) is 18.1 Å². The molecule has 0 aliphatic heterocycles. The van der Waals surface area contributed by atoms with Crippen molar-refractivity contribution in [3.63, 3.8) is 0 Å². The van der Waals surface area contributed by atoms with Crippen molar-refractivity contribution in [1.29, 1.82) is 0 Å². The molecule has 0 aliphatic carbocycles. The SMILES string of the molecule is C#CC(CCC)NC(C)(CN)Cc1ccccc1OC. The molecule has 3 N–H and O–H groups in total. The fourth-order valence-corrected chi connectivity index (χ4v) is 2.36. The summed E-state index contributed by atoms with van der Waals surface area (Å²) in [7, 11) is 1.69. The zero-order chi connectivity index (χ0) is 15.0. The van der Waals surface area contributed by atoms with Gasteiger partial charge < -0.3 is 10.5 Å². The zero-order valence-electron chi connectivity index (χ0n) is 12.8. The van der Waals surface area contributed by atoms with E-state index in [9.17, 15) is 0 Å². The van der Waals surface area contributed by atoms with Crippen LogP contribution in [0.2, 0.25) is 0 Å². The Hall–Kier alpha value is -1.50. The van der Waals surface area contributed by atoms with Crippen molar-refractivity contribution < 1.29 is 4.74 Å². The maximum atomic E-state index is 5.97. The summed E-state index contributed by atoms with van der Waals surface area (Å²) < 4.78 is 5.41. The average molecular weight is 274 g/mol. The highest BCUT2D eigenvalue weighted by Crippen LogP contribution is 2.23. The van der Waals surface area contributed by atoms with Crippen LogP contribution in [0, 0.1) is 12.3 Å². The van der Waals surface area contributed by atoms with Crippen molar-refractivity contribution in [2.24, 2.45) is 5.73 Å². The lowest BCUT2D eigenvalue weighted by Crippen LogP contribution is -2.54. The molecule has 0 bridgehead atoms. The molecular formula is C17H26N2O. The molecule has 1 aromatic carbocycles. The van der Waals surface area contributed by atoms with Gasteiger partial charge in [0.05, 0.1) is 13.2 Å². The highest BCUT2D eigenvalue weighted by molar-refractivity contribution is 5.34. The van der Waals surface area contributed by atoms with Crippen molar-refractivity contribution >= 4 is 0 Å². The molecule has 0 aliphatic rings. The van der Waals surface area contributed by atoms with Gasteiger partial charge in [-0.25, -0.2) is 0 Å². The van der Waals surface area contributed by atoms with E-state index in [4.69, 9.17) is 16.9 Å². The molecule has 0 radical (unpaired) electrons. The van der Waals surface area contributed by atoms with Crippen LogP contribution in [0.3, 0.4) is 0 Å². The Labute approximate surface area is 122 Å². The van der Waals surface area contributed by atoms with Gasteiger partial charge in [-0.1, -0.05) is 37.5 Å². The molecular weight excluding hydrogens is 248 g/mol. The van der Waals surface area contributed by atoms with Crippen LogP contribution < -0.4 is 15.8 Å². The summed E-state index contributed by atoms with van der Waals surface area (Å²) in [4.78, 5) is 0. The van der Waals surface area contributed by atoms with E-state index in [1.807, 2.05) is 18.2 Å². The summed E-state index contributed by atoms with van der Waals surface area (Å²) in [5.41, 5.74) is 6.88. The molecule has 2 atom stereocenters. The van der Waals surface area contributed by atoms with Crippen molar-refractivity contribution in [1.82, 2.24) is 5.32 Å². The number of para-hydroxylation sites is 1. The molecule has 0 saturated heterocycles. The number of nitrogens with one attached hydrogen (secondary N) is 1. The quantitative estimate of drug-likeness (QED) is 0.715. The van der Waals surface area contributed by atoms with E-state index >= 15 is 0 Å². The summed E-state index contributed by atoms with van der Waals surface area (Å²) in [6.07, 6.45) is 8.39. The Morgan fingerprint density at radius 3 is 2.70 bits per heavy atom. The van der Waals surface area contributed by atoms with Gasteiger partial charge in [-0.2, -0.15) is 0 Å². The lowest BCUT2D eigenvalue weighted by molar-refractivity contribution is 0.325. The van der Waals surface area contributed by atoms with Gasteiger partial charge in [-0.15, -0.1) is 6.42 Å². The molecule has 110 valence electrons. The third kappa shape index (κ3) is 4.56. The fourth-order valence-electron chi connectivity index (χ4n) is 2.36. The molecule has 0 heterocycles. The lowest BCUT2D eigenvalue weighted by atomic mass is 9.91. The van der Waals surface area contributed by atoms with Crippen LogP contribution in [0.25, 0.3) is 0 Å². The van der Waals surface area contributed by atoms with Crippen molar-refractivity contribution in [2.45, 2.75) is 44.7 Å². The van der Waals surface area contributed by atoms with Crippen molar-refractivity contribution in [3.05, 3.63) is 29.8 Å². The maximum absolute atomic E-state index is 5.97. The number of hydrogen-bond acceptors (Lipinski definition) is 3. The number of ether oxygens (including phenoxy) is 1. The second-order valence-electron chi connectivity index (χ2n) is 5.41. The third-order valence-corrected chi connectivity index (χ3v) is 3.52. The van der Waals surface area contributed by atoms with Gasteiger partial charge in [0.1, 0.15) is 5.75 Å². The predicted octanol–water partition coefficient (Wildman–Crippen LogP) is 2.35. The zero-order valence-corrected chi connectivity index (χ0v) is 12.8. The van der Waals surface area contributed by atoms with E-state index in [2.05, 4.69) is 31.2 Å². The molecule has 0 amide bonds. The normalized spacial score (nSPS) is 15.2. The van der Waals surface area contributed by atoms with Gasteiger partial charge in [0.15, 0.2) is 0 Å². The average Bonchev–Trinajstić information content (AvgIpc) is 2.47. The number of hydrogen-bond donors (Lipinski definition) is 2. The Balaban J connectivity index is 2.86. The molecule has 1 rings (SSSR count). The standard InChI is InChI=1S/C17H26N2O/c1-5-9-15(6-2)19-17(3,13-18)12-14-10-7-8-11-16(14)20-4/h2,7-8,10-11,15,19H,5,9,12-13,18H2,1,3-4H3. The first-order valence-corrected chi connectivity index (χ1v) is 7.14. The number of rotatable bonds is 8. The number of terminal acetylenes is 1. The van der Waals surface area contributed by atoms with Crippen LogP contribution in [-0.4, -0.2) is 25.2 Å². The minimum atomic E-state index is -0.235. The van der Waals surface area contributed by atoms with Gasteiger partial charge in [-0.05, 0) is 31.4 Å². The van der Waals surface area contributed by atoms with E-state index in [1.54, 1.807) is 7.11 Å². The predicted molar refractivity (Wildman–Crippen MR) is 84.8 cm³/mol. The van der Waals surface area contributed by atoms with Gasteiger partial charge in [0, 0.05) is 12.1 Å². The summed E-state index contributed by atoms with van der Waals surface area (Å²) in [6.45, 7) is 4.76. The fraction of sp³-hybridized carbons (Fsp3) is 0.529. The Bertz CT molecular complexity index is 453. The molecule has 3 nitrogen and oxygen atoms in total. The third-order valence-electron chi connectivity index (χ3n) is 3.52. The van der Waals surface area contributed by atoms with Crippen LogP contribution in [0.1, 0.15) is 32.3 Å². The van der Waals surface area contributed by atoms with E-state index < -0.39 is 0 Å². The van der Waals surface area contributed by atoms with E-state index in [0.29, 0.717) is 6.54 Å². The van der Waals surface area contributed by atoms with E-state index in [1.165, 1.54) is 0 Å².